The van der Waals surface area contributed by atoms with E-state index in [0.29, 0.717) is 18.4 Å². The van der Waals surface area contributed by atoms with E-state index in [4.69, 9.17) is 5.11 Å². The van der Waals surface area contributed by atoms with Crippen LogP contribution in [0.5, 0.6) is 0 Å². The highest BCUT2D eigenvalue weighted by Crippen LogP contribution is 2.38. The maximum absolute atomic E-state index is 12.4. The number of alkyl halides is 3. The number of carboxylic acids is 1. The Kier molecular flexibility index (Phi) is 4.20. The van der Waals surface area contributed by atoms with E-state index in [0.717, 1.165) is 12.1 Å². The molecule has 0 spiro atoms. The molecule has 0 unspecified atom stereocenters. The molecule has 1 aliphatic carbocycles. The van der Waals surface area contributed by atoms with E-state index in [-0.39, 0.29) is 12.5 Å². The van der Waals surface area contributed by atoms with E-state index < -0.39 is 29.5 Å². The van der Waals surface area contributed by atoms with Crippen molar-refractivity contribution in [3.8, 4) is 0 Å². The molecule has 0 aromatic heterocycles. The molecule has 0 bridgehead atoms. The van der Waals surface area contributed by atoms with Crippen molar-refractivity contribution >= 4 is 11.9 Å². The summed E-state index contributed by atoms with van der Waals surface area (Å²) in [5.41, 5.74) is -0.0357. The topological polar surface area (TPSA) is 66.4 Å². The molecule has 4 nitrogen and oxygen atoms in total. The molecule has 1 aliphatic rings. The molecule has 0 saturated heterocycles. The minimum atomic E-state index is -4.36. The first-order chi connectivity index (χ1) is 9.79. The van der Waals surface area contributed by atoms with Gasteiger partial charge in [0, 0.05) is 6.54 Å². The lowest BCUT2D eigenvalue weighted by Crippen LogP contribution is -2.28. The van der Waals surface area contributed by atoms with Crippen LogP contribution in [0.1, 0.15) is 17.5 Å². The number of nitrogens with one attached hydrogen (secondary N) is 1. The number of rotatable bonds is 5. The summed E-state index contributed by atoms with van der Waals surface area (Å²) in [6.07, 6.45) is -3.61. The Labute approximate surface area is 119 Å². The second-order valence-corrected chi connectivity index (χ2v) is 5.02. The molecule has 2 rings (SSSR count). The molecule has 0 heterocycles. The van der Waals surface area contributed by atoms with E-state index in [9.17, 15) is 22.8 Å². The number of aliphatic carboxylic acids is 1. The Hall–Kier alpha value is -2.05. The molecule has 1 saturated carbocycles. The van der Waals surface area contributed by atoms with Crippen molar-refractivity contribution in [3.05, 3.63) is 35.4 Å². The predicted octanol–water partition coefficient (Wildman–Crippen LogP) is 2.08. The van der Waals surface area contributed by atoms with Gasteiger partial charge in [-0.25, -0.2) is 0 Å². The van der Waals surface area contributed by atoms with Crippen LogP contribution in [0.25, 0.3) is 0 Å². The molecule has 21 heavy (non-hydrogen) atoms. The van der Waals surface area contributed by atoms with Gasteiger partial charge in [0.15, 0.2) is 0 Å². The van der Waals surface area contributed by atoms with Crippen LogP contribution in [0.2, 0.25) is 0 Å². The standard InChI is InChI=1S/C14H14F3NO3/c15-14(16,17)9-3-1-8(2-4-9)5-6-18-12(19)10-7-11(10)13(20)21/h1-4,10-11H,5-7H2,(H,18,19)(H,20,21)/t10-,11+/m0/s1. The Balaban J connectivity index is 1.77. The lowest BCUT2D eigenvalue weighted by atomic mass is 10.1. The Bertz CT molecular complexity index is 539. The van der Waals surface area contributed by atoms with Crippen LogP contribution in [-0.4, -0.2) is 23.5 Å². The summed E-state index contributed by atoms with van der Waals surface area (Å²) < 4.78 is 37.1. The van der Waals surface area contributed by atoms with Gasteiger partial charge in [0.25, 0.3) is 0 Å². The molecule has 1 aromatic rings. The van der Waals surface area contributed by atoms with Crippen molar-refractivity contribution in [2.24, 2.45) is 11.8 Å². The molecule has 0 radical (unpaired) electrons. The minimum absolute atomic E-state index is 0.271. The monoisotopic (exact) mass is 301 g/mol. The van der Waals surface area contributed by atoms with Crippen LogP contribution in [0, 0.1) is 11.8 Å². The lowest BCUT2D eigenvalue weighted by Gasteiger charge is -2.08. The van der Waals surface area contributed by atoms with Crippen molar-refractivity contribution in [3.63, 3.8) is 0 Å². The van der Waals surface area contributed by atoms with Crippen LogP contribution in [0.4, 0.5) is 13.2 Å². The fourth-order valence-corrected chi connectivity index (χ4v) is 2.08. The molecule has 0 aliphatic heterocycles. The van der Waals surface area contributed by atoms with Gasteiger partial charge >= 0.3 is 12.1 Å². The van der Waals surface area contributed by atoms with E-state index in [1.54, 1.807) is 0 Å². The fraction of sp³-hybridized carbons (Fsp3) is 0.429. The van der Waals surface area contributed by atoms with Gasteiger partial charge in [-0.3, -0.25) is 9.59 Å². The maximum atomic E-state index is 12.4. The third-order valence-electron chi connectivity index (χ3n) is 3.44. The van der Waals surface area contributed by atoms with Gasteiger partial charge in [0.05, 0.1) is 17.4 Å². The number of hydrogen-bond donors (Lipinski definition) is 2. The summed E-state index contributed by atoms with van der Waals surface area (Å²) in [7, 11) is 0. The number of amides is 1. The zero-order valence-corrected chi connectivity index (χ0v) is 11.0. The number of carbonyl (C=O) groups excluding carboxylic acids is 1. The minimum Gasteiger partial charge on any atom is -0.481 e. The molecule has 7 heteroatoms. The van der Waals surface area contributed by atoms with Crippen molar-refractivity contribution in [2.45, 2.75) is 19.0 Å². The van der Waals surface area contributed by atoms with Crippen LogP contribution in [0.3, 0.4) is 0 Å². The van der Waals surface area contributed by atoms with Crippen LogP contribution in [0.15, 0.2) is 24.3 Å². The van der Waals surface area contributed by atoms with Crippen molar-refractivity contribution in [2.75, 3.05) is 6.54 Å². The number of benzene rings is 1. The van der Waals surface area contributed by atoms with Gasteiger partial charge in [0.2, 0.25) is 5.91 Å². The predicted molar refractivity (Wildman–Crippen MR) is 67.4 cm³/mol. The van der Waals surface area contributed by atoms with Crippen LogP contribution >= 0.6 is 0 Å². The number of carboxylic acid groups (broad SMARTS) is 1. The summed E-state index contributed by atoms with van der Waals surface area (Å²) >= 11 is 0. The molecular formula is C14H14F3NO3. The number of hydrogen-bond acceptors (Lipinski definition) is 2. The highest BCUT2D eigenvalue weighted by Gasteiger charge is 2.48. The van der Waals surface area contributed by atoms with E-state index in [2.05, 4.69) is 5.32 Å². The highest BCUT2D eigenvalue weighted by molar-refractivity contribution is 5.89. The second kappa shape index (κ2) is 5.75. The molecule has 2 N–H and O–H groups in total. The van der Waals surface area contributed by atoms with Gasteiger partial charge in [-0.15, -0.1) is 0 Å². The quantitative estimate of drug-likeness (QED) is 0.875. The molecule has 1 amide bonds. The molecule has 1 fully saturated rings. The van der Waals surface area contributed by atoms with Gasteiger partial charge in [-0.1, -0.05) is 12.1 Å². The Morgan fingerprint density at radius 1 is 1.19 bits per heavy atom. The highest BCUT2D eigenvalue weighted by atomic mass is 19.4. The van der Waals surface area contributed by atoms with Gasteiger partial charge in [-0.2, -0.15) is 13.2 Å². The maximum Gasteiger partial charge on any atom is 0.416 e. The smallest absolute Gasteiger partial charge is 0.416 e. The summed E-state index contributed by atoms with van der Waals surface area (Å²) in [6, 6.07) is 4.73. The first-order valence-electron chi connectivity index (χ1n) is 6.45. The summed E-state index contributed by atoms with van der Waals surface area (Å²) in [4.78, 5) is 22.2. The Morgan fingerprint density at radius 2 is 1.81 bits per heavy atom. The normalized spacial score (nSPS) is 20.9. The molecular weight excluding hydrogens is 287 g/mol. The fourth-order valence-electron chi connectivity index (χ4n) is 2.08. The molecule has 2 atom stereocenters. The largest absolute Gasteiger partial charge is 0.481 e. The van der Waals surface area contributed by atoms with Crippen LogP contribution < -0.4 is 5.32 Å². The Morgan fingerprint density at radius 3 is 2.29 bits per heavy atom. The van der Waals surface area contributed by atoms with E-state index in [1.165, 1.54) is 12.1 Å². The van der Waals surface area contributed by atoms with Gasteiger partial charge in [-0.05, 0) is 30.5 Å². The van der Waals surface area contributed by atoms with E-state index in [1.807, 2.05) is 0 Å². The van der Waals surface area contributed by atoms with E-state index >= 15 is 0 Å². The molecule has 1 aromatic carbocycles. The average Bonchev–Trinajstić information content (AvgIpc) is 3.18. The first kappa shape index (κ1) is 15.3. The van der Waals surface area contributed by atoms with Gasteiger partial charge in [0.1, 0.15) is 0 Å². The number of carbonyl (C=O) groups is 2. The van der Waals surface area contributed by atoms with Crippen LogP contribution in [-0.2, 0) is 22.2 Å². The van der Waals surface area contributed by atoms with Gasteiger partial charge < -0.3 is 10.4 Å². The second-order valence-electron chi connectivity index (χ2n) is 5.02. The third-order valence-corrected chi connectivity index (χ3v) is 3.44. The summed E-state index contributed by atoms with van der Waals surface area (Å²) in [5.74, 6) is -2.36. The van der Waals surface area contributed by atoms with Crippen molar-refractivity contribution in [1.82, 2.24) is 5.32 Å². The van der Waals surface area contributed by atoms with Crippen molar-refractivity contribution in [1.29, 1.82) is 0 Å². The van der Waals surface area contributed by atoms with Crippen molar-refractivity contribution < 1.29 is 27.9 Å². The first-order valence-corrected chi connectivity index (χ1v) is 6.45. The molecule has 114 valence electrons. The number of halogens is 3. The summed E-state index contributed by atoms with van der Waals surface area (Å²) in [5, 5.41) is 11.3. The third kappa shape index (κ3) is 3.96. The zero-order valence-electron chi connectivity index (χ0n) is 11.0. The summed E-state index contributed by atoms with van der Waals surface area (Å²) in [6.45, 7) is 0.271. The zero-order chi connectivity index (χ0) is 15.6. The lowest BCUT2D eigenvalue weighted by molar-refractivity contribution is -0.140. The average molecular weight is 301 g/mol. The SMILES string of the molecule is O=C(NCCc1ccc(C(F)(F)F)cc1)[C@H]1C[C@H]1C(=O)O.